The van der Waals surface area contributed by atoms with E-state index in [2.05, 4.69) is 59.4 Å². The van der Waals surface area contributed by atoms with Gasteiger partial charge in [0, 0.05) is 24.1 Å². The van der Waals surface area contributed by atoms with Crippen molar-refractivity contribution in [1.29, 1.82) is 0 Å². The molecule has 0 saturated heterocycles. The minimum Gasteiger partial charge on any atom is -0.489 e. The van der Waals surface area contributed by atoms with Gasteiger partial charge in [-0.2, -0.15) is 0 Å². The Morgan fingerprint density at radius 3 is 2.70 bits per heavy atom. The van der Waals surface area contributed by atoms with E-state index in [1.807, 2.05) is 24.3 Å². The number of esters is 1. The first-order valence-electron chi connectivity index (χ1n) is 12.5. The maximum Gasteiger partial charge on any atom is 0.343 e. The summed E-state index contributed by atoms with van der Waals surface area (Å²) < 4.78 is 30.8. The monoisotopic (exact) mass is 499 g/mol. The Morgan fingerprint density at radius 1 is 1.05 bits per heavy atom. The number of rotatable bonds is 8. The van der Waals surface area contributed by atoms with E-state index in [0.29, 0.717) is 13.0 Å². The van der Waals surface area contributed by atoms with Crippen LogP contribution in [-0.4, -0.2) is 32.3 Å². The number of benzene rings is 4. The molecule has 0 radical (unpaired) electrons. The largest absolute Gasteiger partial charge is 0.489 e. The summed E-state index contributed by atoms with van der Waals surface area (Å²) in [6.45, 7) is 2.48. The van der Waals surface area contributed by atoms with Gasteiger partial charge in [0.2, 0.25) is 0 Å². The molecule has 3 atom stereocenters. The van der Waals surface area contributed by atoms with E-state index in [1.165, 1.54) is 29.5 Å². The van der Waals surface area contributed by atoms with Crippen LogP contribution in [0.25, 0.3) is 10.8 Å². The molecule has 0 fully saturated rings. The van der Waals surface area contributed by atoms with Crippen molar-refractivity contribution >= 4 is 16.7 Å². The molecular weight excluding hydrogens is 469 g/mol. The maximum absolute atomic E-state index is 14.4. The molecule has 1 heterocycles. The first-order valence-corrected chi connectivity index (χ1v) is 12.5. The molecule has 0 bridgehead atoms. The average Bonchev–Trinajstić information content (AvgIpc) is 2.94. The van der Waals surface area contributed by atoms with Crippen LogP contribution in [-0.2, 0) is 9.53 Å². The Bertz CT molecular complexity index is 1400. The van der Waals surface area contributed by atoms with E-state index in [0.717, 1.165) is 16.9 Å². The molecule has 4 aromatic carbocycles. The highest BCUT2D eigenvalue weighted by Gasteiger charge is 2.30. The molecule has 0 amide bonds. The van der Waals surface area contributed by atoms with E-state index in [1.54, 1.807) is 12.1 Å². The van der Waals surface area contributed by atoms with Gasteiger partial charge in [0.1, 0.15) is 11.9 Å². The van der Waals surface area contributed by atoms with Crippen molar-refractivity contribution in [3.05, 3.63) is 107 Å². The maximum atomic E-state index is 14.4. The third kappa shape index (κ3) is 5.44. The van der Waals surface area contributed by atoms with Crippen molar-refractivity contribution in [1.82, 2.24) is 5.32 Å². The minimum absolute atomic E-state index is 0.00862. The van der Waals surface area contributed by atoms with E-state index >= 15 is 0 Å². The summed E-state index contributed by atoms with van der Waals surface area (Å²) in [7, 11) is 1.27. The summed E-state index contributed by atoms with van der Waals surface area (Å²) in [5.41, 5.74) is 3.20. The summed E-state index contributed by atoms with van der Waals surface area (Å²) in [6, 6.07) is 27.7. The predicted octanol–water partition coefficient (Wildman–Crippen LogP) is 6.16. The van der Waals surface area contributed by atoms with Crippen LogP contribution >= 0.6 is 0 Å². The van der Waals surface area contributed by atoms with Gasteiger partial charge in [-0.05, 0) is 53.4 Å². The van der Waals surface area contributed by atoms with Crippen LogP contribution < -0.4 is 14.8 Å². The number of para-hydroxylation sites is 1. The molecule has 37 heavy (non-hydrogen) atoms. The van der Waals surface area contributed by atoms with Crippen LogP contribution in [0.15, 0.2) is 84.9 Å². The van der Waals surface area contributed by atoms with Gasteiger partial charge in [-0.25, -0.2) is 9.18 Å². The van der Waals surface area contributed by atoms with Gasteiger partial charge in [0.05, 0.1) is 7.11 Å². The van der Waals surface area contributed by atoms with Crippen molar-refractivity contribution in [2.24, 2.45) is 0 Å². The Labute approximate surface area is 216 Å². The number of nitrogens with one attached hydrogen (secondary N) is 1. The number of hydrogen-bond acceptors (Lipinski definition) is 5. The molecule has 6 heteroatoms. The quantitative estimate of drug-likeness (QED) is 0.294. The summed E-state index contributed by atoms with van der Waals surface area (Å²) in [4.78, 5) is 11.5. The normalized spacial score (nSPS) is 17.5. The lowest BCUT2D eigenvalue weighted by Gasteiger charge is -2.33. The van der Waals surface area contributed by atoms with Gasteiger partial charge in [-0.15, -0.1) is 0 Å². The number of halogens is 1. The van der Waals surface area contributed by atoms with Crippen LogP contribution in [0.3, 0.4) is 0 Å². The molecule has 4 aromatic rings. The second-order valence-electron chi connectivity index (χ2n) is 9.32. The molecule has 1 N–H and O–H groups in total. The number of carbonyl (C=O) groups is 1. The summed E-state index contributed by atoms with van der Waals surface area (Å²) in [5, 5.41) is 6.12. The average molecular weight is 500 g/mol. The Hall–Kier alpha value is -3.90. The number of fused-ring (bicyclic) bond motifs is 2. The van der Waals surface area contributed by atoms with E-state index < -0.39 is 11.8 Å². The summed E-state index contributed by atoms with van der Waals surface area (Å²) in [6.07, 6.45) is 0.635. The van der Waals surface area contributed by atoms with Crippen molar-refractivity contribution in [3.8, 4) is 11.5 Å². The van der Waals surface area contributed by atoms with E-state index in [9.17, 15) is 9.18 Å². The second-order valence-corrected chi connectivity index (χ2v) is 9.32. The van der Waals surface area contributed by atoms with Crippen LogP contribution in [0, 0.1) is 5.82 Å². The molecule has 0 aromatic heterocycles. The molecule has 1 aliphatic heterocycles. The standard InChI is InChI=1S/C31H30FNO4/c1-20(24-12-7-9-21-8-3-4-10-25(21)24)33-18-23-17-27(26-11-5-6-13-29(26)37-23)22-14-15-28(32)30(16-22)36-19-31(34)35-2/h3-16,20,23,27,33H,17-19H2,1-2H3/t20-,23?,27?/m1/s1. The number of ether oxygens (including phenoxy) is 3. The smallest absolute Gasteiger partial charge is 0.343 e. The molecule has 0 aliphatic carbocycles. The lowest BCUT2D eigenvalue weighted by Crippen LogP contribution is -2.37. The fourth-order valence-electron chi connectivity index (χ4n) is 5.02. The molecule has 2 unspecified atom stereocenters. The molecule has 5 rings (SSSR count). The van der Waals surface area contributed by atoms with Crippen LogP contribution in [0.2, 0.25) is 0 Å². The van der Waals surface area contributed by atoms with Gasteiger partial charge in [-0.1, -0.05) is 66.7 Å². The Kier molecular flexibility index (Phi) is 7.37. The molecule has 0 spiro atoms. The van der Waals surface area contributed by atoms with Crippen LogP contribution in [0.1, 0.15) is 42.0 Å². The number of methoxy groups -OCH3 is 1. The zero-order valence-corrected chi connectivity index (χ0v) is 20.9. The molecule has 0 saturated carbocycles. The lowest BCUT2D eigenvalue weighted by atomic mass is 9.84. The summed E-state index contributed by atoms with van der Waals surface area (Å²) in [5.74, 6) is -0.232. The van der Waals surface area contributed by atoms with E-state index in [4.69, 9.17) is 9.47 Å². The van der Waals surface area contributed by atoms with Crippen LogP contribution in [0.5, 0.6) is 11.5 Å². The summed E-state index contributed by atoms with van der Waals surface area (Å²) >= 11 is 0. The SMILES string of the molecule is COC(=O)COc1cc(C2CC(CN[C@H](C)c3cccc4ccccc34)Oc3ccccc32)ccc1F. The van der Waals surface area contributed by atoms with E-state index in [-0.39, 0.29) is 30.4 Å². The van der Waals surface area contributed by atoms with Crippen molar-refractivity contribution in [2.45, 2.75) is 31.4 Å². The van der Waals surface area contributed by atoms with Gasteiger partial charge in [0.25, 0.3) is 0 Å². The van der Waals surface area contributed by atoms with Crippen LogP contribution in [0.4, 0.5) is 4.39 Å². The van der Waals surface area contributed by atoms with Crippen molar-refractivity contribution < 1.29 is 23.4 Å². The molecule has 5 nitrogen and oxygen atoms in total. The number of hydrogen-bond donors (Lipinski definition) is 1. The van der Waals surface area contributed by atoms with Crippen molar-refractivity contribution in [2.75, 3.05) is 20.3 Å². The fourth-order valence-corrected chi connectivity index (χ4v) is 5.02. The Morgan fingerprint density at radius 2 is 1.84 bits per heavy atom. The second kappa shape index (κ2) is 11.0. The fraction of sp³-hybridized carbons (Fsp3) is 0.258. The molecular formula is C31H30FNO4. The highest BCUT2D eigenvalue weighted by atomic mass is 19.1. The first kappa shape index (κ1) is 24.8. The van der Waals surface area contributed by atoms with Crippen molar-refractivity contribution in [3.63, 3.8) is 0 Å². The van der Waals surface area contributed by atoms with Gasteiger partial charge in [-0.3, -0.25) is 0 Å². The minimum atomic E-state index is -0.562. The third-order valence-electron chi connectivity index (χ3n) is 6.96. The van der Waals surface area contributed by atoms with Gasteiger partial charge in [0.15, 0.2) is 18.2 Å². The Balaban J connectivity index is 1.35. The zero-order valence-electron chi connectivity index (χ0n) is 20.9. The first-order chi connectivity index (χ1) is 18.0. The third-order valence-corrected chi connectivity index (χ3v) is 6.96. The topological polar surface area (TPSA) is 56.8 Å². The number of carbonyl (C=O) groups excluding carboxylic acids is 1. The van der Waals surface area contributed by atoms with Gasteiger partial charge < -0.3 is 19.5 Å². The molecule has 1 aliphatic rings. The molecule has 190 valence electrons. The van der Waals surface area contributed by atoms with Gasteiger partial charge >= 0.3 is 5.97 Å². The highest BCUT2D eigenvalue weighted by molar-refractivity contribution is 5.86. The predicted molar refractivity (Wildman–Crippen MR) is 142 cm³/mol. The lowest BCUT2D eigenvalue weighted by molar-refractivity contribution is -0.142. The highest BCUT2D eigenvalue weighted by Crippen LogP contribution is 2.41. The zero-order chi connectivity index (χ0) is 25.8.